The van der Waals surface area contributed by atoms with Crippen LogP contribution in [0.4, 0.5) is 0 Å². The monoisotopic (exact) mass is 352 g/mol. The van der Waals surface area contributed by atoms with Crippen LogP contribution in [0.3, 0.4) is 0 Å². The maximum absolute atomic E-state index is 5.87. The zero-order valence-electron chi connectivity index (χ0n) is 12.6. The predicted molar refractivity (Wildman–Crippen MR) is 89.9 cm³/mol. The van der Waals surface area contributed by atoms with Gasteiger partial charge >= 0.3 is 0 Å². The molecule has 3 rings (SSSR count). The maximum atomic E-state index is 5.87. The van der Waals surface area contributed by atoms with Crippen molar-refractivity contribution in [3.63, 3.8) is 0 Å². The molecule has 2 aliphatic rings. The Morgan fingerprint density at radius 3 is 2.71 bits per heavy atom. The number of nitrogens with zero attached hydrogens (tertiary/aromatic N) is 1. The molecule has 21 heavy (non-hydrogen) atoms. The molecule has 1 aromatic carbocycles. The second kappa shape index (κ2) is 7.61. The molecule has 1 saturated heterocycles. The van der Waals surface area contributed by atoms with E-state index < -0.39 is 0 Å². The average molecular weight is 353 g/mol. The lowest BCUT2D eigenvalue weighted by Crippen LogP contribution is -2.47. The summed E-state index contributed by atoms with van der Waals surface area (Å²) in [4.78, 5) is 2.61. The van der Waals surface area contributed by atoms with Crippen LogP contribution in [0.1, 0.15) is 32.1 Å². The number of rotatable bonds is 7. The van der Waals surface area contributed by atoms with Crippen LogP contribution in [-0.2, 0) is 0 Å². The molecule has 3 nitrogen and oxygen atoms in total. The van der Waals surface area contributed by atoms with Crippen molar-refractivity contribution in [3.8, 4) is 5.75 Å². The summed E-state index contributed by atoms with van der Waals surface area (Å²) < 4.78 is 6.96. The number of hydrogen-bond donors (Lipinski definition) is 1. The number of benzene rings is 1. The van der Waals surface area contributed by atoms with E-state index >= 15 is 0 Å². The number of ether oxygens (including phenoxy) is 1. The Balaban J connectivity index is 1.41. The molecule has 1 aliphatic carbocycles. The Morgan fingerprint density at radius 1 is 1.14 bits per heavy atom. The Morgan fingerprint density at radius 2 is 1.95 bits per heavy atom. The van der Waals surface area contributed by atoms with Gasteiger partial charge < -0.3 is 10.1 Å². The molecule has 116 valence electrons. The van der Waals surface area contributed by atoms with E-state index in [2.05, 4.69) is 26.1 Å². The lowest BCUT2D eigenvalue weighted by Gasteiger charge is -2.35. The quantitative estimate of drug-likeness (QED) is 0.813. The van der Waals surface area contributed by atoms with Gasteiger partial charge in [0.2, 0.25) is 0 Å². The molecule has 4 heteroatoms. The zero-order chi connectivity index (χ0) is 14.5. The van der Waals surface area contributed by atoms with Gasteiger partial charge in [0.15, 0.2) is 0 Å². The van der Waals surface area contributed by atoms with Gasteiger partial charge in [-0.3, -0.25) is 4.90 Å². The lowest BCUT2D eigenvalue weighted by atomic mass is 10.0. The number of nitrogens with one attached hydrogen (secondary N) is 1. The topological polar surface area (TPSA) is 24.5 Å². The second-order valence-corrected chi connectivity index (χ2v) is 7.09. The van der Waals surface area contributed by atoms with Crippen LogP contribution in [0.2, 0.25) is 0 Å². The van der Waals surface area contributed by atoms with Crippen molar-refractivity contribution < 1.29 is 4.74 Å². The van der Waals surface area contributed by atoms with Gasteiger partial charge in [-0.05, 0) is 56.5 Å². The summed E-state index contributed by atoms with van der Waals surface area (Å²) in [6, 6.07) is 9.61. The molecule has 1 atom stereocenters. The van der Waals surface area contributed by atoms with Crippen molar-refractivity contribution in [3.05, 3.63) is 28.7 Å². The fourth-order valence-corrected chi connectivity index (χ4v) is 3.25. The van der Waals surface area contributed by atoms with Gasteiger partial charge in [-0.2, -0.15) is 0 Å². The average Bonchev–Trinajstić information content (AvgIpc) is 3.33. The SMILES string of the molecule is Brc1ccc(OCCN2CCCCC2CNC2CC2)cc1. The minimum Gasteiger partial charge on any atom is -0.492 e. The van der Waals surface area contributed by atoms with Gasteiger partial charge in [-0.1, -0.05) is 22.4 Å². The van der Waals surface area contributed by atoms with Crippen molar-refractivity contribution in [2.75, 3.05) is 26.2 Å². The molecule has 0 bridgehead atoms. The van der Waals surface area contributed by atoms with Crippen molar-refractivity contribution in [1.29, 1.82) is 0 Å². The van der Waals surface area contributed by atoms with E-state index in [9.17, 15) is 0 Å². The Bertz CT molecular complexity index is 433. The van der Waals surface area contributed by atoms with Crippen LogP contribution in [0.5, 0.6) is 5.75 Å². The normalized spacial score (nSPS) is 23.2. The summed E-state index contributed by atoms with van der Waals surface area (Å²) in [5.41, 5.74) is 0. The summed E-state index contributed by atoms with van der Waals surface area (Å²) in [5, 5.41) is 3.68. The molecule has 1 aliphatic heterocycles. The molecule has 1 unspecified atom stereocenters. The Labute approximate surface area is 136 Å². The smallest absolute Gasteiger partial charge is 0.119 e. The van der Waals surface area contributed by atoms with Crippen molar-refractivity contribution >= 4 is 15.9 Å². The molecular formula is C17H25BrN2O. The van der Waals surface area contributed by atoms with E-state index in [0.717, 1.165) is 36.0 Å². The van der Waals surface area contributed by atoms with Crippen LogP contribution in [-0.4, -0.2) is 43.2 Å². The van der Waals surface area contributed by atoms with Crippen LogP contribution in [0, 0.1) is 0 Å². The largest absolute Gasteiger partial charge is 0.492 e. The van der Waals surface area contributed by atoms with Crippen LogP contribution < -0.4 is 10.1 Å². The number of piperidine rings is 1. The molecule has 1 heterocycles. The van der Waals surface area contributed by atoms with Crippen LogP contribution in [0.25, 0.3) is 0 Å². The molecule has 0 aromatic heterocycles. The first-order valence-electron chi connectivity index (χ1n) is 8.17. The van der Waals surface area contributed by atoms with Gasteiger partial charge in [-0.25, -0.2) is 0 Å². The highest BCUT2D eigenvalue weighted by Crippen LogP contribution is 2.21. The molecule has 0 spiro atoms. The van der Waals surface area contributed by atoms with Gasteiger partial charge in [0.1, 0.15) is 12.4 Å². The molecule has 1 N–H and O–H groups in total. The molecule has 1 aromatic rings. The summed E-state index contributed by atoms with van der Waals surface area (Å²) in [6.45, 7) is 4.19. The number of likely N-dealkylation sites (tertiary alicyclic amines) is 1. The highest BCUT2D eigenvalue weighted by molar-refractivity contribution is 9.10. The third-order valence-corrected chi connectivity index (χ3v) is 4.96. The fourth-order valence-electron chi connectivity index (χ4n) is 2.99. The third-order valence-electron chi connectivity index (χ3n) is 4.43. The van der Waals surface area contributed by atoms with Crippen molar-refractivity contribution in [2.45, 2.75) is 44.2 Å². The molecule has 1 saturated carbocycles. The highest BCUT2D eigenvalue weighted by Gasteiger charge is 2.26. The van der Waals surface area contributed by atoms with E-state index in [0.29, 0.717) is 6.04 Å². The Kier molecular flexibility index (Phi) is 5.55. The minimum atomic E-state index is 0.702. The molecular weight excluding hydrogens is 328 g/mol. The first-order valence-corrected chi connectivity index (χ1v) is 8.96. The predicted octanol–water partition coefficient (Wildman–Crippen LogP) is 3.43. The summed E-state index contributed by atoms with van der Waals surface area (Å²) in [7, 11) is 0. The first kappa shape index (κ1) is 15.3. The molecule has 0 amide bonds. The van der Waals surface area contributed by atoms with Crippen molar-refractivity contribution in [1.82, 2.24) is 10.2 Å². The van der Waals surface area contributed by atoms with Gasteiger partial charge in [0.05, 0.1) is 0 Å². The third kappa shape index (κ3) is 4.97. The highest BCUT2D eigenvalue weighted by atomic mass is 79.9. The van der Waals surface area contributed by atoms with Crippen LogP contribution in [0.15, 0.2) is 28.7 Å². The fraction of sp³-hybridized carbons (Fsp3) is 0.647. The van der Waals surface area contributed by atoms with E-state index in [4.69, 9.17) is 4.74 Å². The summed E-state index contributed by atoms with van der Waals surface area (Å²) in [6.07, 6.45) is 6.79. The Hall–Kier alpha value is -0.580. The van der Waals surface area contributed by atoms with E-state index in [1.807, 2.05) is 24.3 Å². The summed E-state index contributed by atoms with van der Waals surface area (Å²) >= 11 is 3.45. The zero-order valence-corrected chi connectivity index (χ0v) is 14.1. The number of halogens is 1. The van der Waals surface area contributed by atoms with Gasteiger partial charge in [0.25, 0.3) is 0 Å². The standard InChI is InChI=1S/C17H25BrN2O/c18-14-4-8-17(9-5-14)21-12-11-20-10-2-1-3-16(20)13-19-15-6-7-15/h4-5,8-9,15-16,19H,1-3,6-7,10-13H2. The molecule has 0 radical (unpaired) electrons. The summed E-state index contributed by atoms with van der Waals surface area (Å²) in [5.74, 6) is 0.961. The second-order valence-electron chi connectivity index (χ2n) is 6.17. The lowest BCUT2D eigenvalue weighted by molar-refractivity contribution is 0.121. The van der Waals surface area contributed by atoms with E-state index in [-0.39, 0.29) is 0 Å². The minimum absolute atomic E-state index is 0.702. The van der Waals surface area contributed by atoms with Crippen molar-refractivity contribution in [2.24, 2.45) is 0 Å². The molecule has 2 fully saturated rings. The maximum Gasteiger partial charge on any atom is 0.119 e. The first-order chi connectivity index (χ1) is 10.3. The van der Waals surface area contributed by atoms with E-state index in [1.54, 1.807) is 0 Å². The van der Waals surface area contributed by atoms with E-state index in [1.165, 1.54) is 38.6 Å². The number of hydrogen-bond acceptors (Lipinski definition) is 3. The van der Waals surface area contributed by atoms with Gasteiger partial charge in [0, 0.05) is 29.6 Å². The van der Waals surface area contributed by atoms with Gasteiger partial charge in [-0.15, -0.1) is 0 Å². The van der Waals surface area contributed by atoms with Crippen LogP contribution >= 0.6 is 15.9 Å².